The molecule has 3 aliphatic heterocycles. The molecule has 0 aromatic heterocycles. The van der Waals surface area contributed by atoms with Crippen molar-refractivity contribution in [3.63, 3.8) is 0 Å². The van der Waals surface area contributed by atoms with Gasteiger partial charge in [-0.3, -0.25) is 14.4 Å². The van der Waals surface area contributed by atoms with E-state index in [-0.39, 0.29) is 36.4 Å². The summed E-state index contributed by atoms with van der Waals surface area (Å²) >= 11 is 1.68. The molecule has 0 saturated carbocycles. The van der Waals surface area contributed by atoms with Crippen molar-refractivity contribution in [1.82, 2.24) is 9.80 Å². The molecule has 5 atom stereocenters. The lowest BCUT2D eigenvalue weighted by molar-refractivity contribution is -0.155. The lowest BCUT2D eigenvalue weighted by atomic mass is 9.66. The molecule has 37 heavy (non-hydrogen) atoms. The molecule has 8 heteroatoms. The lowest BCUT2D eigenvalue weighted by Gasteiger charge is -2.46. The number of hydrogen-bond donors (Lipinski definition) is 1. The van der Waals surface area contributed by atoms with Crippen LogP contribution in [-0.4, -0.2) is 80.1 Å². The van der Waals surface area contributed by atoms with Crippen molar-refractivity contribution in [3.05, 3.63) is 12.7 Å². The largest absolute Gasteiger partial charge is 0.466 e. The van der Waals surface area contributed by atoms with Gasteiger partial charge in [-0.15, -0.1) is 18.3 Å². The van der Waals surface area contributed by atoms with Crippen LogP contribution in [0.3, 0.4) is 0 Å². The molecule has 1 N–H and O–H groups in total. The third kappa shape index (κ3) is 5.47. The van der Waals surface area contributed by atoms with Crippen molar-refractivity contribution >= 4 is 29.5 Å². The highest BCUT2D eigenvalue weighted by Gasteiger charge is 2.77. The Kier molecular flexibility index (Phi) is 8.85. The van der Waals surface area contributed by atoms with Gasteiger partial charge in [0.1, 0.15) is 6.04 Å². The van der Waals surface area contributed by atoms with Gasteiger partial charge in [-0.1, -0.05) is 26.8 Å². The first-order valence-corrected chi connectivity index (χ1v) is 14.7. The molecule has 210 valence electrons. The molecule has 2 amide bonds. The van der Waals surface area contributed by atoms with E-state index >= 15 is 0 Å². The van der Waals surface area contributed by atoms with Crippen LogP contribution in [0.2, 0.25) is 0 Å². The van der Waals surface area contributed by atoms with E-state index < -0.39 is 32.9 Å². The van der Waals surface area contributed by atoms with Crippen LogP contribution >= 0.6 is 11.8 Å². The monoisotopic (exact) mass is 536 g/mol. The number of carbonyl (C=O) groups excluding carboxylic acids is 3. The molecule has 3 heterocycles. The van der Waals surface area contributed by atoms with E-state index in [1.807, 2.05) is 4.90 Å². The van der Waals surface area contributed by atoms with Crippen molar-refractivity contribution in [2.75, 3.05) is 26.3 Å². The molecule has 2 unspecified atom stereocenters. The highest BCUT2D eigenvalue weighted by molar-refractivity contribution is 8.02. The minimum Gasteiger partial charge on any atom is -0.466 e. The predicted molar refractivity (Wildman–Crippen MR) is 148 cm³/mol. The number of thioether (sulfide) groups is 1. The van der Waals surface area contributed by atoms with Gasteiger partial charge in [-0.2, -0.15) is 0 Å². The van der Waals surface area contributed by atoms with Gasteiger partial charge >= 0.3 is 5.97 Å². The Balaban J connectivity index is 2.06. The number of nitrogens with zero attached hydrogens (tertiary/aromatic N) is 2. The van der Waals surface area contributed by atoms with Crippen molar-refractivity contribution in [2.45, 2.75) is 108 Å². The summed E-state index contributed by atoms with van der Waals surface area (Å²) in [5.41, 5.74) is -0.446. The summed E-state index contributed by atoms with van der Waals surface area (Å²) in [6, 6.07) is -0.635. The van der Waals surface area contributed by atoms with Crippen molar-refractivity contribution in [1.29, 1.82) is 0 Å². The number of aliphatic hydroxyl groups excluding tert-OH is 1. The molecule has 3 rings (SSSR count). The minimum absolute atomic E-state index is 0.00252. The number of amides is 2. The summed E-state index contributed by atoms with van der Waals surface area (Å²) in [5.74, 6) is -1.57. The second-order valence-electron chi connectivity index (χ2n) is 13.1. The fraction of sp³-hybridized carbons (Fsp3) is 0.828. The first kappa shape index (κ1) is 30.0. The van der Waals surface area contributed by atoms with E-state index in [0.29, 0.717) is 25.9 Å². The number of ether oxygens (including phenoxy) is 1. The normalized spacial score (nSPS) is 31.0. The average molecular weight is 537 g/mol. The fourth-order valence-electron chi connectivity index (χ4n) is 7.41. The molecule has 0 aliphatic carbocycles. The Hall–Kier alpha value is -1.54. The van der Waals surface area contributed by atoms with E-state index in [4.69, 9.17) is 4.74 Å². The summed E-state index contributed by atoms with van der Waals surface area (Å²) in [6.07, 6.45) is 6.21. The molecule has 0 aromatic rings. The Bertz CT molecular complexity index is 899. The number of esters is 1. The van der Waals surface area contributed by atoms with Crippen LogP contribution in [0.15, 0.2) is 12.7 Å². The summed E-state index contributed by atoms with van der Waals surface area (Å²) < 4.78 is 4.41. The van der Waals surface area contributed by atoms with E-state index in [2.05, 4.69) is 48.1 Å². The Morgan fingerprint density at radius 2 is 1.89 bits per heavy atom. The van der Waals surface area contributed by atoms with Crippen LogP contribution in [-0.2, 0) is 19.1 Å². The fourth-order valence-corrected chi connectivity index (χ4v) is 9.75. The Labute approximate surface area is 227 Å². The van der Waals surface area contributed by atoms with Crippen LogP contribution in [0.4, 0.5) is 0 Å². The SMILES string of the molecule is C=CCN(C(=O)C1N(CCCCCO)C(=O)[C@@H]2[C@H](C(=O)OCC)[C@]3(C)CCC12S3)C(C)(C)CC(C)(C)C. The molecule has 0 radical (unpaired) electrons. The number of aliphatic hydroxyl groups is 1. The van der Waals surface area contributed by atoms with Crippen LogP contribution in [0, 0.1) is 17.3 Å². The highest BCUT2D eigenvalue weighted by atomic mass is 32.2. The second-order valence-corrected chi connectivity index (χ2v) is 15.0. The van der Waals surface area contributed by atoms with Gasteiger partial charge in [0.25, 0.3) is 0 Å². The topological polar surface area (TPSA) is 87.2 Å². The molecule has 2 bridgehead atoms. The molecule has 3 fully saturated rings. The number of rotatable bonds is 12. The third-order valence-corrected chi connectivity index (χ3v) is 10.4. The maximum Gasteiger partial charge on any atom is 0.311 e. The molecule has 1 spiro atoms. The molecule has 7 nitrogen and oxygen atoms in total. The zero-order chi connectivity index (χ0) is 27.8. The molecule has 3 aliphatic rings. The lowest BCUT2D eigenvalue weighted by Crippen LogP contribution is -2.60. The Morgan fingerprint density at radius 3 is 2.46 bits per heavy atom. The second kappa shape index (κ2) is 10.9. The summed E-state index contributed by atoms with van der Waals surface area (Å²) in [5, 5.41) is 9.25. The van der Waals surface area contributed by atoms with E-state index in [1.165, 1.54) is 0 Å². The van der Waals surface area contributed by atoms with Gasteiger partial charge in [0.2, 0.25) is 11.8 Å². The number of likely N-dealkylation sites (tertiary alicyclic amines) is 1. The summed E-state index contributed by atoms with van der Waals surface area (Å²) in [6.45, 7) is 19.7. The van der Waals surface area contributed by atoms with Crippen molar-refractivity contribution in [2.24, 2.45) is 17.3 Å². The van der Waals surface area contributed by atoms with Crippen molar-refractivity contribution < 1.29 is 24.2 Å². The quantitative estimate of drug-likeness (QED) is 0.226. The zero-order valence-corrected chi connectivity index (χ0v) is 24.8. The van der Waals surface area contributed by atoms with Crippen LogP contribution in [0.25, 0.3) is 0 Å². The summed E-state index contributed by atoms with van der Waals surface area (Å²) in [4.78, 5) is 45.7. The average Bonchev–Trinajstić information content (AvgIpc) is 3.34. The van der Waals surface area contributed by atoms with Crippen LogP contribution in [0.5, 0.6) is 0 Å². The van der Waals surface area contributed by atoms with E-state index in [0.717, 1.165) is 25.7 Å². The first-order chi connectivity index (χ1) is 17.2. The van der Waals surface area contributed by atoms with E-state index in [1.54, 1.807) is 29.7 Å². The number of carbonyl (C=O) groups is 3. The van der Waals surface area contributed by atoms with Gasteiger partial charge in [-0.05, 0) is 71.6 Å². The van der Waals surface area contributed by atoms with Gasteiger partial charge in [0, 0.05) is 30.0 Å². The zero-order valence-electron chi connectivity index (χ0n) is 24.0. The summed E-state index contributed by atoms with van der Waals surface area (Å²) in [7, 11) is 0. The highest BCUT2D eigenvalue weighted by Crippen LogP contribution is 2.71. The standard InChI is InChI=1S/C29H48N2O5S/c1-9-16-31(27(6,7)19-26(3,4)5)24(34)22-29-15-14-28(8,37-29)21(25(35)36-10-2)20(29)23(33)30(22)17-12-11-13-18-32/h9,20-22,32H,1,10-19H2,2-8H3/t20-,21+,22?,28-,29?/m0/s1. The van der Waals surface area contributed by atoms with E-state index in [9.17, 15) is 19.5 Å². The van der Waals surface area contributed by atoms with Gasteiger partial charge in [0.05, 0.1) is 23.2 Å². The maximum absolute atomic E-state index is 14.7. The molecule has 0 aromatic carbocycles. The minimum atomic E-state index is -0.644. The maximum atomic E-state index is 14.7. The first-order valence-electron chi connectivity index (χ1n) is 13.9. The van der Waals surface area contributed by atoms with Crippen LogP contribution < -0.4 is 0 Å². The van der Waals surface area contributed by atoms with Gasteiger partial charge in [0.15, 0.2) is 0 Å². The number of fused-ring (bicyclic) bond motifs is 1. The van der Waals surface area contributed by atoms with Gasteiger partial charge < -0.3 is 19.6 Å². The smallest absolute Gasteiger partial charge is 0.311 e. The Morgan fingerprint density at radius 1 is 1.22 bits per heavy atom. The van der Waals surface area contributed by atoms with Crippen molar-refractivity contribution in [3.8, 4) is 0 Å². The third-order valence-electron chi connectivity index (χ3n) is 8.38. The molecular formula is C29H48N2O5S. The number of unbranched alkanes of at least 4 members (excludes halogenated alkanes) is 2. The molecular weight excluding hydrogens is 488 g/mol. The number of hydrogen-bond acceptors (Lipinski definition) is 6. The van der Waals surface area contributed by atoms with Crippen LogP contribution in [0.1, 0.15) is 87.0 Å². The molecule has 3 saturated heterocycles. The predicted octanol–water partition coefficient (Wildman–Crippen LogP) is 4.42. The van der Waals surface area contributed by atoms with Gasteiger partial charge in [-0.25, -0.2) is 0 Å².